The summed E-state index contributed by atoms with van der Waals surface area (Å²) in [5.74, 6) is -1.51. The Morgan fingerprint density at radius 2 is 1.59 bits per heavy atom. The van der Waals surface area contributed by atoms with Crippen molar-refractivity contribution in [1.29, 1.82) is 0 Å². The molecule has 1 aliphatic rings. The third-order valence-electron chi connectivity index (χ3n) is 4.58. The zero-order chi connectivity index (χ0) is 19.0. The van der Waals surface area contributed by atoms with Crippen LogP contribution in [0, 0.1) is 24.4 Å². The van der Waals surface area contributed by atoms with Crippen LogP contribution in [0.4, 0.5) is 13.2 Å². The highest BCUT2D eigenvalue weighted by Crippen LogP contribution is 2.27. The lowest BCUT2D eigenvalue weighted by Gasteiger charge is -2.11. The van der Waals surface area contributed by atoms with E-state index in [1.54, 1.807) is 12.1 Å². The SMILES string of the molecule is Cc1nc(-c2ccc(F)cc2)ccc1C1=NNC(c2cc(F)cc(F)c2)C1. The van der Waals surface area contributed by atoms with Crippen LogP contribution in [0.25, 0.3) is 11.3 Å². The summed E-state index contributed by atoms with van der Waals surface area (Å²) >= 11 is 0. The van der Waals surface area contributed by atoms with Crippen LogP contribution in [0.3, 0.4) is 0 Å². The first-order chi connectivity index (χ1) is 13.0. The zero-order valence-electron chi connectivity index (χ0n) is 14.5. The number of hydrogen-bond donors (Lipinski definition) is 1. The summed E-state index contributed by atoms with van der Waals surface area (Å²) in [6.45, 7) is 1.88. The van der Waals surface area contributed by atoms with Gasteiger partial charge in [-0.15, -0.1) is 0 Å². The van der Waals surface area contributed by atoms with E-state index < -0.39 is 11.6 Å². The van der Waals surface area contributed by atoms with Gasteiger partial charge < -0.3 is 5.43 Å². The highest BCUT2D eigenvalue weighted by molar-refractivity contribution is 6.02. The predicted octanol–water partition coefficient (Wildman–Crippen LogP) is 4.91. The Morgan fingerprint density at radius 1 is 0.889 bits per heavy atom. The maximum absolute atomic E-state index is 13.5. The molecule has 0 saturated carbocycles. The number of hydrazone groups is 1. The lowest BCUT2D eigenvalue weighted by Crippen LogP contribution is -2.11. The van der Waals surface area contributed by atoms with Crippen molar-refractivity contribution in [2.75, 3.05) is 0 Å². The quantitative estimate of drug-likeness (QED) is 0.714. The number of nitrogens with one attached hydrogen (secondary N) is 1. The van der Waals surface area contributed by atoms with Gasteiger partial charge >= 0.3 is 0 Å². The number of aryl methyl sites for hydroxylation is 1. The summed E-state index contributed by atoms with van der Waals surface area (Å²) in [5, 5.41) is 4.33. The lowest BCUT2D eigenvalue weighted by molar-refractivity contribution is 0.560. The molecule has 2 heterocycles. The second kappa shape index (κ2) is 6.87. The molecule has 1 atom stereocenters. The third kappa shape index (κ3) is 3.56. The zero-order valence-corrected chi connectivity index (χ0v) is 14.5. The molecule has 0 saturated heterocycles. The van der Waals surface area contributed by atoms with Crippen LogP contribution in [-0.2, 0) is 0 Å². The van der Waals surface area contributed by atoms with E-state index in [9.17, 15) is 13.2 Å². The highest BCUT2D eigenvalue weighted by Gasteiger charge is 2.23. The number of aromatic nitrogens is 1. The molecular formula is C21H16F3N3. The molecule has 0 bridgehead atoms. The molecule has 1 unspecified atom stereocenters. The van der Waals surface area contributed by atoms with Crippen molar-refractivity contribution in [3.05, 3.63) is 88.9 Å². The molecular weight excluding hydrogens is 351 g/mol. The van der Waals surface area contributed by atoms with Gasteiger partial charge in [0.25, 0.3) is 0 Å². The molecule has 3 aromatic rings. The van der Waals surface area contributed by atoms with Crippen LogP contribution < -0.4 is 5.43 Å². The fourth-order valence-corrected chi connectivity index (χ4v) is 3.23. The molecule has 2 aromatic carbocycles. The van der Waals surface area contributed by atoms with E-state index in [2.05, 4.69) is 15.5 Å². The smallest absolute Gasteiger partial charge is 0.126 e. The van der Waals surface area contributed by atoms with Gasteiger partial charge in [-0.1, -0.05) is 0 Å². The summed E-state index contributed by atoms with van der Waals surface area (Å²) in [5.41, 5.74) is 7.45. The monoisotopic (exact) mass is 367 g/mol. The van der Waals surface area contributed by atoms with Gasteiger partial charge in [0.05, 0.1) is 17.4 Å². The van der Waals surface area contributed by atoms with Crippen LogP contribution in [0.1, 0.15) is 29.3 Å². The van der Waals surface area contributed by atoms with E-state index in [1.807, 2.05) is 19.1 Å². The first-order valence-electron chi connectivity index (χ1n) is 8.51. The normalized spacial score (nSPS) is 16.1. The lowest BCUT2D eigenvalue weighted by atomic mass is 9.97. The first-order valence-corrected chi connectivity index (χ1v) is 8.51. The Morgan fingerprint density at radius 3 is 2.26 bits per heavy atom. The molecule has 0 aliphatic carbocycles. The Bertz CT molecular complexity index is 1010. The van der Waals surface area contributed by atoms with Crippen molar-refractivity contribution in [1.82, 2.24) is 10.4 Å². The van der Waals surface area contributed by atoms with Gasteiger partial charge in [-0.3, -0.25) is 4.98 Å². The van der Waals surface area contributed by atoms with Crippen molar-refractivity contribution in [2.24, 2.45) is 5.10 Å². The van der Waals surface area contributed by atoms with Gasteiger partial charge in [-0.2, -0.15) is 5.10 Å². The molecule has 1 aromatic heterocycles. The molecule has 0 amide bonds. The van der Waals surface area contributed by atoms with Crippen molar-refractivity contribution >= 4 is 5.71 Å². The molecule has 0 spiro atoms. The number of pyridine rings is 1. The molecule has 4 rings (SSSR count). The van der Waals surface area contributed by atoms with Gasteiger partial charge in [-0.05, 0) is 61.0 Å². The molecule has 136 valence electrons. The van der Waals surface area contributed by atoms with Crippen molar-refractivity contribution in [3.8, 4) is 11.3 Å². The largest absolute Gasteiger partial charge is 0.302 e. The molecule has 3 nitrogen and oxygen atoms in total. The van der Waals surface area contributed by atoms with Crippen LogP contribution in [-0.4, -0.2) is 10.7 Å². The molecule has 0 fully saturated rings. The fourth-order valence-electron chi connectivity index (χ4n) is 3.23. The molecule has 27 heavy (non-hydrogen) atoms. The Kier molecular flexibility index (Phi) is 4.39. The molecule has 1 aliphatic heterocycles. The maximum Gasteiger partial charge on any atom is 0.126 e. The Hall–Kier alpha value is -3.15. The van der Waals surface area contributed by atoms with Gasteiger partial charge in [0.15, 0.2) is 0 Å². The summed E-state index contributed by atoms with van der Waals surface area (Å²) in [7, 11) is 0. The minimum absolute atomic E-state index is 0.290. The average Bonchev–Trinajstić information content (AvgIpc) is 3.11. The second-order valence-electron chi connectivity index (χ2n) is 6.48. The number of halogens is 3. The van der Waals surface area contributed by atoms with Crippen LogP contribution in [0.5, 0.6) is 0 Å². The molecule has 1 N–H and O–H groups in total. The topological polar surface area (TPSA) is 37.3 Å². The van der Waals surface area contributed by atoms with Crippen molar-refractivity contribution < 1.29 is 13.2 Å². The average molecular weight is 367 g/mol. The highest BCUT2D eigenvalue weighted by atomic mass is 19.1. The van der Waals surface area contributed by atoms with Gasteiger partial charge in [0.1, 0.15) is 17.5 Å². The van der Waals surface area contributed by atoms with E-state index in [1.165, 1.54) is 24.3 Å². The minimum atomic E-state index is -0.609. The van der Waals surface area contributed by atoms with Gasteiger partial charge in [0, 0.05) is 29.3 Å². The summed E-state index contributed by atoms with van der Waals surface area (Å²) in [4.78, 5) is 4.59. The molecule has 0 radical (unpaired) electrons. The number of nitrogens with zero attached hydrogens (tertiary/aromatic N) is 2. The second-order valence-corrected chi connectivity index (χ2v) is 6.48. The summed E-state index contributed by atoms with van der Waals surface area (Å²) in [6, 6.07) is 13.1. The van der Waals surface area contributed by atoms with E-state index in [0.717, 1.165) is 34.3 Å². The van der Waals surface area contributed by atoms with E-state index in [-0.39, 0.29) is 11.9 Å². The van der Waals surface area contributed by atoms with Crippen molar-refractivity contribution in [2.45, 2.75) is 19.4 Å². The summed E-state index contributed by atoms with van der Waals surface area (Å²) in [6.07, 6.45) is 0.501. The maximum atomic E-state index is 13.5. The first kappa shape index (κ1) is 17.3. The Labute approximate surface area is 154 Å². The predicted molar refractivity (Wildman–Crippen MR) is 97.8 cm³/mol. The van der Waals surface area contributed by atoms with Gasteiger partial charge in [0.2, 0.25) is 0 Å². The third-order valence-corrected chi connectivity index (χ3v) is 4.58. The number of rotatable bonds is 3. The van der Waals surface area contributed by atoms with Crippen LogP contribution in [0.2, 0.25) is 0 Å². The Balaban J connectivity index is 1.56. The van der Waals surface area contributed by atoms with E-state index in [4.69, 9.17) is 0 Å². The van der Waals surface area contributed by atoms with Gasteiger partial charge in [-0.25, -0.2) is 13.2 Å². The van der Waals surface area contributed by atoms with Crippen LogP contribution in [0.15, 0.2) is 59.7 Å². The number of hydrogen-bond acceptors (Lipinski definition) is 3. The van der Waals surface area contributed by atoms with Crippen LogP contribution >= 0.6 is 0 Å². The number of benzene rings is 2. The van der Waals surface area contributed by atoms with E-state index >= 15 is 0 Å². The molecule has 6 heteroatoms. The minimum Gasteiger partial charge on any atom is -0.302 e. The standard InChI is InChI=1S/C21H16F3N3/c1-12-18(6-7-19(25-12)13-2-4-15(22)5-3-13)21-11-20(26-27-21)14-8-16(23)10-17(24)9-14/h2-10,20,26H,11H2,1H3. The fraction of sp³-hybridized carbons (Fsp3) is 0.143. The summed E-state index contributed by atoms with van der Waals surface area (Å²) < 4.78 is 40.0. The van der Waals surface area contributed by atoms with Crippen molar-refractivity contribution in [3.63, 3.8) is 0 Å². The van der Waals surface area contributed by atoms with E-state index in [0.29, 0.717) is 12.0 Å².